The molecule has 144 valence electrons. The van der Waals surface area contributed by atoms with Crippen LogP contribution >= 0.6 is 0 Å². The SMILES string of the molecule is CC1(c2ccccc2)CN(c2nc(-c3cccnc3)nc3ccccc23)CCO1. The van der Waals surface area contributed by atoms with E-state index in [2.05, 4.69) is 47.1 Å². The molecule has 2 aromatic heterocycles. The second-order valence-corrected chi connectivity index (χ2v) is 7.50. The molecule has 3 heterocycles. The molecule has 0 radical (unpaired) electrons. The summed E-state index contributed by atoms with van der Waals surface area (Å²) >= 11 is 0. The van der Waals surface area contributed by atoms with Gasteiger partial charge in [0.1, 0.15) is 11.4 Å². The summed E-state index contributed by atoms with van der Waals surface area (Å²) in [5.41, 5.74) is 2.64. The zero-order chi connectivity index (χ0) is 19.7. The summed E-state index contributed by atoms with van der Waals surface area (Å²) in [5, 5.41) is 1.05. The highest BCUT2D eigenvalue weighted by Gasteiger charge is 2.35. The molecule has 1 saturated heterocycles. The van der Waals surface area contributed by atoms with Crippen LogP contribution < -0.4 is 4.90 Å². The number of aromatic nitrogens is 3. The van der Waals surface area contributed by atoms with Gasteiger partial charge in [-0.15, -0.1) is 0 Å². The summed E-state index contributed by atoms with van der Waals surface area (Å²) in [7, 11) is 0. The third-order valence-electron chi connectivity index (χ3n) is 5.46. The lowest BCUT2D eigenvalue weighted by Crippen LogP contribution is -2.48. The highest BCUT2D eigenvalue weighted by molar-refractivity contribution is 5.91. The summed E-state index contributed by atoms with van der Waals surface area (Å²) in [6, 6.07) is 22.5. The fourth-order valence-electron chi connectivity index (χ4n) is 3.94. The predicted octanol–water partition coefficient (Wildman–Crippen LogP) is 4.44. The van der Waals surface area contributed by atoms with Gasteiger partial charge in [0.25, 0.3) is 0 Å². The van der Waals surface area contributed by atoms with Crippen LogP contribution in [0.3, 0.4) is 0 Å². The number of rotatable bonds is 3. The molecule has 0 bridgehead atoms. The lowest BCUT2D eigenvalue weighted by atomic mass is 9.93. The zero-order valence-electron chi connectivity index (χ0n) is 16.3. The molecular formula is C24H22N4O. The van der Waals surface area contributed by atoms with Gasteiger partial charge in [-0.1, -0.05) is 42.5 Å². The standard InChI is InChI=1S/C24H22N4O/c1-24(19-9-3-2-4-10-19)17-28(14-15-29-24)23-20-11-5-6-12-21(20)26-22(27-23)18-8-7-13-25-16-18/h2-13,16H,14-15,17H2,1H3. The van der Waals surface area contributed by atoms with Gasteiger partial charge in [-0.25, -0.2) is 9.97 Å². The van der Waals surface area contributed by atoms with Crippen LogP contribution in [0.25, 0.3) is 22.3 Å². The summed E-state index contributed by atoms with van der Waals surface area (Å²) in [4.78, 5) is 16.3. The summed E-state index contributed by atoms with van der Waals surface area (Å²) in [6.07, 6.45) is 3.57. The first-order chi connectivity index (χ1) is 14.2. The van der Waals surface area contributed by atoms with E-state index >= 15 is 0 Å². The van der Waals surface area contributed by atoms with Crippen molar-refractivity contribution in [3.8, 4) is 11.4 Å². The van der Waals surface area contributed by atoms with E-state index in [-0.39, 0.29) is 5.60 Å². The molecule has 4 aromatic rings. The molecule has 0 saturated carbocycles. The molecule has 5 rings (SSSR count). The van der Waals surface area contributed by atoms with Crippen LogP contribution in [0.2, 0.25) is 0 Å². The largest absolute Gasteiger partial charge is 0.367 e. The number of nitrogens with zero attached hydrogens (tertiary/aromatic N) is 4. The lowest BCUT2D eigenvalue weighted by molar-refractivity contribution is -0.0467. The number of hydrogen-bond acceptors (Lipinski definition) is 5. The van der Waals surface area contributed by atoms with Crippen LogP contribution in [0.15, 0.2) is 79.1 Å². The van der Waals surface area contributed by atoms with Crippen LogP contribution in [-0.2, 0) is 10.3 Å². The van der Waals surface area contributed by atoms with Crippen molar-refractivity contribution < 1.29 is 4.74 Å². The van der Waals surface area contributed by atoms with Gasteiger partial charge in [0.05, 0.1) is 18.7 Å². The fraction of sp³-hybridized carbons (Fsp3) is 0.208. The number of morpholine rings is 1. The van der Waals surface area contributed by atoms with Crippen molar-refractivity contribution in [2.75, 3.05) is 24.6 Å². The third-order valence-corrected chi connectivity index (χ3v) is 5.46. The maximum Gasteiger partial charge on any atom is 0.163 e. The van der Waals surface area contributed by atoms with Crippen molar-refractivity contribution in [1.82, 2.24) is 15.0 Å². The number of hydrogen-bond donors (Lipinski definition) is 0. The van der Waals surface area contributed by atoms with Crippen molar-refractivity contribution >= 4 is 16.7 Å². The van der Waals surface area contributed by atoms with Gasteiger partial charge >= 0.3 is 0 Å². The minimum atomic E-state index is -0.389. The Labute approximate surface area is 170 Å². The summed E-state index contributed by atoms with van der Waals surface area (Å²) in [6.45, 7) is 4.31. The first-order valence-electron chi connectivity index (χ1n) is 9.85. The Kier molecular flexibility index (Phi) is 4.45. The summed E-state index contributed by atoms with van der Waals surface area (Å²) in [5.74, 6) is 1.64. The Bertz CT molecular complexity index is 1130. The highest BCUT2D eigenvalue weighted by atomic mass is 16.5. The molecule has 5 heteroatoms. The molecule has 1 unspecified atom stereocenters. The first-order valence-corrected chi connectivity index (χ1v) is 9.85. The molecule has 0 N–H and O–H groups in total. The molecule has 5 nitrogen and oxygen atoms in total. The number of para-hydroxylation sites is 1. The van der Waals surface area contributed by atoms with Crippen molar-refractivity contribution in [2.24, 2.45) is 0 Å². The number of anilines is 1. The molecule has 0 aliphatic carbocycles. The normalized spacial score (nSPS) is 19.4. The molecule has 0 spiro atoms. The van der Waals surface area contributed by atoms with Crippen LogP contribution in [0.4, 0.5) is 5.82 Å². The number of benzene rings is 2. The van der Waals surface area contributed by atoms with Crippen LogP contribution in [0.5, 0.6) is 0 Å². The third kappa shape index (κ3) is 3.34. The fourth-order valence-corrected chi connectivity index (χ4v) is 3.94. The van der Waals surface area contributed by atoms with Crippen LogP contribution in [-0.4, -0.2) is 34.6 Å². The van der Waals surface area contributed by atoms with E-state index < -0.39 is 0 Å². The maximum atomic E-state index is 6.24. The number of fused-ring (bicyclic) bond motifs is 1. The number of pyridine rings is 1. The Morgan fingerprint density at radius 1 is 0.931 bits per heavy atom. The molecule has 1 aliphatic heterocycles. The van der Waals surface area contributed by atoms with Gasteiger partial charge in [-0.05, 0) is 36.8 Å². The van der Waals surface area contributed by atoms with Crippen molar-refractivity contribution in [3.05, 3.63) is 84.7 Å². The maximum absolute atomic E-state index is 6.24. The Hall–Kier alpha value is -3.31. The van der Waals surface area contributed by atoms with Crippen molar-refractivity contribution in [3.63, 3.8) is 0 Å². The minimum Gasteiger partial charge on any atom is -0.367 e. The Morgan fingerprint density at radius 2 is 1.76 bits per heavy atom. The monoisotopic (exact) mass is 382 g/mol. The zero-order valence-corrected chi connectivity index (χ0v) is 16.3. The van der Waals surface area contributed by atoms with E-state index in [1.165, 1.54) is 5.56 Å². The molecule has 1 aliphatic rings. The molecular weight excluding hydrogens is 360 g/mol. The smallest absolute Gasteiger partial charge is 0.163 e. The molecule has 1 atom stereocenters. The van der Waals surface area contributed by atoms with E-state index in [0.717, 1.165) is 35.4 Å². The van der Waals surface area contributed by atoms with Gasteiger partial charge < -0.3 is 9.64 Å². The molecule has 0 amide bonds. The second-order valence-electron chi connectivity index (χ2n) is 7.50. The van der Waals surface area contributed by atoms with E-state index in [9.17, 15) is 0 Å². The van der Waals surface area contributed by atoms with Gasteiger partial charge in [-0.2, -0.15) is 0 Å². The van der Waals surface area contributed by atoms with Crippen LogP contribution in [0.1, 0.15) is 12.5 Å². The van der Waals surface area contributed by atoms with Gasteiger partial charge in [0, 0.05) is 29.9 Å². The highest BCUT2D eigenvalue weighted by Crippen LogP contribution is 2.34. The van der Waals surface area contributed by atoms with Gasteiger partial charge in [0.2, 0.25) is 0 Å². The minimum absolute atomic E-state index is 0.389. The Balaban J connectivity index is 1.60. The van der Waals surface area contributed by atoms with Gasteiger partial charge in [0.15, 0.2) is 5.82 Å². The predicted molar refractivity (Wildman–Crippen MR) is 115 cm³/mol. The summed E-state index contributed by atoms with van der Waals surface area (Å²) < 4.78 is 6.24. The molecule has 1 fully saturated rings. The van der Waals surface area contributed by atoms with E-state index in [4.69, 9.17) is 14.7 Å². The second kappa shape index (κ2) is 7.26. The van der Waals surface area contributed by atoms with E-state index in [1.807, 2.05) is 36.4 Å². The average molecular weight is 382 g/mol. The van der Waals surface area contributed by atoms with Crippen molar-refractivity contribution in [2.45, 2.75) is 12.5 Å². The number of ether oxygens (including phenoxy) is 1. The van der Waals surface area contributed by atoms with Crippen LogP contribution in [0, 0.1) is 0 Å². The van der Waals surface area contributed by atoms with Crippen molar-refractivity contribution in [1.29, 1.82) is 0 Å². The Morgan fingerprint density at radius 3 is 2.59 bits per heavy atom. The van der Waals surface area contributed by atoms with E-state index in [1.54, 1.807) is 12.4 Å². The molecule has 29 heavy (non-hydrogen) atoms. The molecule has 2 aromatic carbocycles. The first kappa shape index (κ1) is 17.8. The lowest BCUT2D eigenvalue weighted by Gasteiger charge is -2.41. The quantitative estimate of drug-likeness (QED) is 0.524. The topological polar surface area (TPSA) is 51.1 Å². The van der Waals surface area contributed by atoms with Gasteiger partial charge in [-0.3, -0.25) is 4.98 Å². The average Bonchev–Trinajstić information content (AvgIpc) is 2.79. The van der Waals surface area contributed by atoms with E-state index in [0.29, 0.717) is 12.4 Å².